The van der Waals surface area contributed by atoms with Gasteiger partial charge in [-0.3, -0.25) is 0 Å². The van der Waals surface area contributed by atoms with Gasteiger partial charge < -0.3 is 18.9 Å². The van der Waals surface area contributed by atoms with E-state index in [2.05, 4.69) is 47.7 Å². The van der Waals surface area contributed by atoms with Gasteiger partial charge in [-0.25, -0.2) is 14.8 Å². The molecule has 1 aliphatic rings. The number of ether oxygens (including phenoxy) is 2. The number of fused-ring (bicyclic) bond motifs is 2. The summed E-state index contributed by atoms with van der Waals surface area (Å²) in [6, 6.07) is 16.6. The number of likely N-dealkylation sites (N-methyl/N-ethyl adjacent to an activating group) is 1. The zero-order valence-corrected chi connectivity index (χ0v) is 28.0. The first kappa shape index (κ1) is 30.7. The quantitative estimate of drug-likeness (QED) is 0.168. The number of thiazole rings is 1. The van der Waals surface area contributed by atoms with Gasteiger partial charge in [0.25, 0.3) is 0 Å². The van der Waals surface area contributed by atoms with Gasteiger partial charge in [-0.1, -0.05) is 23.7 Å². The molecule has 1 saturated heterocycles. The number of rotatable bonds is 7. The Bertz CT molecular complexity index is 1850. The van der Waals surface area contributed by atoms with E-state index in [-0.39, 0.29) is 6.61 Å². The van der Waals surface area contributed by atoms with Gasteiger partial charge in [-0.05, 0) is 109 Å². The Hall–Kier alpha value is -3.30. The predicted octanol–water partition coefficient (Wildman–Crippen LogP) is 8.55. The van der Waals surface area contributed by atoms with Gasteiger partial charge >= 0.3 is 5.97 Å². The molecule has 44 heavy (non-hydrogen) atoms. The molecule has 2 aromatic heterocycles. The van der Waals surface area contributed by atoms with Crippen molar-refractivity contribution in [2.75, 3.05) is 26.7 Å². The number of benzene rings is 3. The van der Waals surface area contributed by atoms with Crippen molar-refractivity contribution >= 4 is 50.2 Å². The van der Waals surface area contributed by atoms with E-state index in [0.29, 0.717) is 11.1 Å². The second kappa shape index (κ2) is 11.9. The Morgan fingerprint density at radius 2 is 1.80 bits per heavy atom. The van der Waals surface area contributed by atoms with Crippen molar-refractivity contribution in [2.45, 2.75) is 65.7 Å². The third kappa shape index (κ3) is 5.88. The van der Waals surface area contributed by atoms with Gasteiger partial charge in [0.1, 0.15) is 10.8 Å². The molecule has 1 fully saturated rings. The van der Waals surface area contributed by atoms with E-state index in [0.717, 1.165) is 79.4 Å². The molecule has 3 heterocycles. The minimum absolute atomic E-state index is 0.265. The summed E-state index contributed by atoms with van der Waals surface area (Å²) in [5.41, 5.74) is 7.02. The molecule has 0 bridgehead atoms. The summed E-state index contributed by atoms with van der Waals surface area (Å²) in [5.74, 6) is 0.632. The van der Waals surface area contributed by atoms with E-state index < -0.39 is 17.7 Å². The maximum atomic E-state index is 13.5. The molecule has 0 aliphatic carbocycles. The standard InChI is InChI=1S/C35H39ClN4O3S/c1-8-42-34(41)31(43-35(4,5)6)29-20(2)17-27-32(30(29)22-9-12-24(36)13-10-22)44-33(38-27)23-11-14-26-28(18-23)40(21(3)37-26)25-15-16-39(7)19-25/h9-14,17-18,25,31H,8,15-16,19H2,1-7H3/t25-,31-/m0/s1. The number of aryl methyl sites for hydroxylation is 2. The Balaban J connectivity index is 1.55. The van der Waals surface area contributed by atoms with Crippen LogP contribution in [0.1, 0.15) is 63.2 Å². The van der Waals surface area contributed by atoms with Crippen molar-refractivity contribution < 1.29 is 14.3 Å². The zero-order chi connectivity index (χ0) is 31.3. The van der Waals surface area contributed by atoms with Crippen LogP contribution in [0, 0.1) is 13.8 Å². The second-order valence-corrected chi connectivity index (χ2v) is 14.1. The smallest absolute Gasteiger partial charge is 0.339 e. The highest BCUT2D eigenvalue weighted by atomic mass is 35.5. The zero-order valence-electron chi connectivity index (χ0n) is 26.4. The van der Waals surface area contributed by atoms with Gasteiger partial charge in [0.2, 0.25) is 0 Å². The van der Waals surface area contributed by atoms with Crippen LogP contribution >= 0.6 is 22.9 Å². The van der Waals surface area contributed by atoms with E-state index in [1.165, 1.54) is 0 Å². The third-order valence-electron chi connectivity index (χ3n) is 8.14. The number of carbonyl (C=O) groups is 1. The molecule has 6 rings (SSSR count). The lowest BCUT2D eigenvalue weighted by atomic mass is 9.91. The van der Waals surface area contributed by atoms with Crippen molar-refractivity contribution in [1.82, 2.24) is 19.4 Å². The maximum absolute atomic E-state index is 13.5. The molecule has 0 radical (unpaired) electrons. The molecule has 3 aromatic carbocycles. The molecule has 0 N–H and O–H groups in total. The molecule has 0 saturated carbocycles. The Kier molecular flexibility index (Phi) is 8.30. The number of aromatic nitrogens is 3. The fourth-order valence-electron chi connectivity index (χ4n) is 6.30. The summed E-state index contributed by atoms with van der Waals surface area (Å²) in [5, 5.41) is 1.55. The number of imidazole rings is 1. The van der Waals surface area contributed by atoms with Gasteiger partial charge in [-0.2, -0.15) is 0 Å². The van der Waals surface area contributed by atoms with Crippen LogP contribution in [-0.2, 0) is 14.3 Å². The fourth-order valence-corrected chi connectivity index (χ4v) is 7.55. The minimum Gasteiger partial charge on any atom is -0.464 e. The van der Waals surface area contributed by atoms with Crippen molar-refractivity contribution in [2.24, 2.45) is 0 Å². The molecule has 0 unspecified atom stereocenters. The summed E-state index contributed by atoms with van der Waals surface area (Å²) in [4.78, 5) is 25.9. The number of carbonyl (C=O) groups excluding carboxylic acids is 1. The number of hydrogen-bond donors (Lipinski definition) is 0. The molecular weight excluding hydrogens is 592 g/mol. The van der Waals surface area contributed by atoms with Crippen LogP contribution in [0.25, 0.3) is 42.9 Å². The average molecular weight is 631 g/mol. The van der Waals surface area contributed by atoms with E-state index >= 15 is 0 Å². The highest BCUT2D eigenvalue weighted by molar-refractivity contribution is 7.22. The van der Waals surface area contributed by atoms with Crippen LogP contribution in [0.4, 0.5) is 0 Å². The largest absolute Gasteiger partial charge is 0.464 e. The maximum Gasteiger partial charge on any atom is 0.339 e. The van der Waals surface area contributed by atoms with Crippen LogP contribution in [0.15, 0.2) is 48.5 Å². The van der Waals surface area contributed by atoms with Gasteiger partial charge in [0, 0.05) is 34.3 Å². The van der Waals surface area contributed by atoms with Crippen molar-refractivity contribution in [1.29, 1.82) is 0 Å². The monoisotopic (exact) mass is 630 g/mol. The topological polar surface area (TPSA) is 69.5 Å². The molecular formula is C35H39ClN4O3S. The number of halogens is 1. The second-order valence-electron chi connectivity index (χ2n) is 12.7. The number of likely N-dealkylation sites (tertiary alicyclic amines) is 1. The number of esters is 1. The van der Waals surface area contributed by atoms with Crippen LogP contribution in [0.2, 0.25) is 5.02 Å². The van der Waals surface area contributed by atoms with Crippen LogP contribution in [0.5, 0.6) is 0 Å². The van der Waals surface area contributed by atoms with Crippen LogP contribution in [-0.4, -0.2) is 57.7 Å². The molecule has 230 valence electrons. The van der Waals surface area contributed by atoms with E-state index in [1.807, 2.05) is 58.9 Å². The fraction of sp³-hybridized carbons (Fsp3) is 0.400. The lowest BCUT2D eigenvalue weighted by molar-refractivity contribution is -0.166. The van der Waals surface area contributed by atoms with E-state index in [4.69, 9.17) is 31.0 Å². The Morgan fingerprint density at radius 3 is 2.45 bits per heavy atom. The first-order valence-corrected chi connectivity index (χ1v) is 16.3. The lowest BCUT2D eigenvalue weighted by Crippen LogP contribution is -2.29. The normalized spacial score (nSPS) is 16.7. The van der Waals surface area contributed by atoms with Crippen molar-refractivity contribution in [3.05, 3.63) is 70.5 Å². The first-order valence-electron chi connectivity index (χ1n) is 15.2. The molecule has 9 heteroatoms. The lowest BCUT2D eigenvalue weighted by Gasteiger charge is -2.29. The Morgan fingerprint density at radius 1 is 1.07 bits per heavy atom. The SMILES string of the molecule is CCOC(=O)[C@@H](OC(C)(C)C)c1c(C)cc2nc(-c3ccc4nc(C)n([C@H]5CCN(C)C5)c4c3)sc2c1-c1ccc(Cl)cc1. The minimum atomic E-state index is -0.909. The highest BCUT2D eigenvalue weighted by Gasteiger charge is 2.34. The molecule has 1 aliphatic heterocycles. The van der Waals surface area contributed by atoms with E-state index in [1.54, 1.807) is 11.3 Å². The van der Waals surface area contributed by atoms with Crippen molar-refractivity contribution in [3.63, 3.8) is 0 Å². The van der Waals surface area contributed by atoms with Crippen LogP contribution < -0.4 is 0 Å². The summed E-state index contributed by atoms with van der Waals surface area (Å²) in [7, 11) is 2.18. The number of nitrogens with zero attached hydrogens (tertiary/aromatic N) is 4. The molecule has 0 amide bonds. The predicted molar refractivity (Wildman–Crippen MR) is 180 cm³/mol. The first-order chi connectivity index (χ1) is 20.9. The molecule has 0 spiro atoms. The van der Waals surface area contributed by atoms with Crippen LogP contribution in [0.3, 0.4) is 0 Å². The molecule has 7 nitrogen and oxygen atoms in total. The average Bonchev–Trinajstić information content (AvgIpc) is 3.66. The number of hydrogen-bond acceptors (Lipinski definition) is 7. The van der Waals surface area contributed by atoms with Gasteiger partial charge in [0.05, 0.1) is 33.5 Å². The summed E-state index contributed by atoms with van der Waals surface area (Å²) >= 11 is 7.94. The van der Waals surface area contributed by atoms with E-state index in [9.17, 15) is 4.79 Å². The molecule has 2 atom stereocenters. The summed E-state index contributed by atoms with van der Waals surface area (Å²) < 4.78 is 15.4. The van der Waals surface area contributed by atoms with Gasteiger partial charge in [0.15, 0.2) is 6.10 Å². The van der Waals surface area contributed by atoms with Gasteiger partial charge in [-0.15, -0.1) is 11.3 Å². The Labute approximate surface area is 267 Å². The third-order valence-corrected chi connectivity index (χ3v) is 9.53. The highest BCUT2D eigenvalue weighted by Crippen LogP contribution is 2.45. The van der Waals surface area contributed by atoms with Crippen molar-refractivity contribution in [3.8, 4) is 21.7 Å². The molecule has 5 aromatic rings. The summed E-state index contributed by atoms with van der Waals surface area (Å²) in [6.45, 7) is 14.1. The summed E-state index contributed by atoms with van der Waals surface area (Å²) in [6.07, 6.45) is 0.202.